The Hall–Kier alpha value is -5.84. The minimum Gasteiger partial charge on any atom is -0.497 e. The summed E-state index contributed by atoms with van der Waals surface area (Å²) >= 11 is 0. The third-order valence-corrected chi connectivity index (χ3v) is 8.47. The third-order valence-electron chi connectivity index (χ3n) is 8.47. The van der Waals surface area contributed by atoms with Gasteiger partial charge in [-0.25, -0.2) is 9.78 Å². The number of aromatic nitrogens is 1. The Balaban J connectivity index is 1.54. The van der Waals surface area contributed by atoms with E-state index in [2.05, 4.69) is 10.2 Å². The molecule has 1 atom stereocenters. The van der Waals surface area contributed by atoms with Crippen molar-refractivity contribution in [2.75, 3.05) is 52.4 Å². The number of benzene rings is 4. The van der Waals surface area contributed by atoms with Gasteiger partial charge in [-0.3, -0.25) is 0 Å². The molecule has 1 N–H and O–H groups in total. The molecule has 11 nitrogen and oxygen atoms in total. The fraction of sp³-hybridized carbons (Fsp3) is 0.317. The number of esters is 1. The maximum Gasteiger partial charge on any atom is 0.332 e. The summed E-state index contributed by atoms with van der Waals surface area (Å²) in [6.45, 7) is 7.20. The van der Waals surface area contributed by atoms with E-state index in [0.29, 0.717) is 59.8 Å². The van der Waals surface area contributed by atoms with Gasteiger partial charge in [0.2, 0.25) is 0 Å². The van der Waals surface area contributed by atoms with Crippen LogP contribution in [0.3, 0.4) is 0 Å². The van der Waals surface area contributed by atoms with Crippen LogP contribution in [0.25, 0.3) is 10.8 Å². The van der Waals surface area contributed by atoms with E-state index in [1.54, 1.807) is 34.6 Å². The lowest BCUT2D eigenvalue weighted by Crippen LogP contribution is -2.24. The molecule has 5 rings (SSSR count). The molecule has 0 aliphatic heterocycles. The van der Waals surface area contributed by atoms with Crippen LogP contribution in [0.5, 0.6) is 34.5 Å². The molecule has 5 aromatic rings. The second-order valence-electron chi connectivity index (χ2n) is 12.2. The first-order chi connectivity index (χ1) is 25.2. The summed E-state index contributed by atoms with van der Waals surface area (Å²) < 4.78 is 39.5. The molecule has 0 aliphatic carbocycles. The highest BCUT2D eigenvalue weighted by Crippen LogP contribution is 2.36. The van der Waals surface area contributed by atoms with E-state index in [0.717, 1.165) is 33.4 Å². The zero-order valence-electron chi connectivity index (χ0n) is 31.0. The topological polar surface area (TPSA) is 110 Å². The molecule has 0 fully saturated rings. The lowest BCUT2D eigenvalue weighted by molar-refractivity contribution is -0.141. The monoisotopic (exact) mass is 709 g/mol. The Morgan fingerprint density at radius 3 is 1.94 bits per heavy atom. The fourth-order valence-electron chi connectivity index (χ4n) is 5.97. The highest BCUT2D eigenvalue weighted by molar-refractivity contribution is 5.95. The first kappa shape index (κ1) is 37.4. The number of anilines is 2. The predicted octanol–water partition coefficient (Wildman–Crippen LogP) is 7.99. The number of ether oxygens (including phenoxy) is 7. The van der Waals surface area contributed by atoms with E-state index < -0.39 is 12.0 Å². The van der Waals surface area contributed by atoms with Gasteiger partial charge in [0.25, 0.3) is 0 Å². The van der Waals surface area contributed by atoms with Crippen LogP contribution in [0.1, 0.15) is 43.5 Å². The Morgan fingerprint density at radius 2 is 1.38 bits per heavy atom. The van der Waals surface area contributed by atoms with Gasteiger partial charge in [0.15, 0.2) is 17.5 Å². The van der Waals surface area contributed by atoms with Gasteiger partial charge in [-0.05, 0) is 92.4 Å². The zero-order chi connectivity index (χ0) is 37.2. The third kappa shape index (κ3) is 8.71. The highest BCUT2D eigenvalue weighted by atomic mass is 16.5. The largest absolute Gasteiger partial charge is 0.497 e. The van der Waals surface area contributed by atoms with Crippen molar-refractivity contribution >= 4 is 28.2 Å². The van der Waals surface area contributed by atoms with Gasteiger partial charge in [0.05, 0.1) is 48.3 Å². The van der Waals surface area contributed by atoms with Crippen LogP contribution in [0.15, 0.2) is 85.1 Å². The minimum absolute atomic E-state index is 0.0380. The van der Waals surface area contributed by atoms with Gasteiger partial charge in [-0.15, -0.1) is 0 Å². The van der Waals surface area contributed by atoms with Gasteiger partial charge in [0, 0.05) is 53.6 Å². The van der Waals surface area contributed by atoms with Crippen LogP contribution >= 0.6 is 0 Å². The van der Waals surface area contributed by atoms with Crippen molar-refractivity contribution in [2.45, 2.75) is 46.0 Å². The molecule has 11 heteroatoms. The van der Waals surface area contributed by atoms with Gasteiger partial charge < -0.3 is 43.4 Å². The molecule has 274 valence electrons. The number of carbonyl (C=O) groups excluding carboxylic acids is 1. The second kappa shape index (κ2) is 17.4. The highest BCUT2D eigenvalue weighted by Gasteiger charge is 2.24. The van der Waals surface area contributed by atoms with Crippen LogP contribution in [-0.4, -0.2) is 59.2 Å². The molecule has 0 radical (unpaired) electrons. The molecule has 0 aliphatic rings. The SMILES string of the molecule is CCOc1cc(C(Nc2ccc3c(N(Cc4ccc(OC)cc4OC)Cc4ccc(OC)cc4OC)nccc3c2)C(=O)OC)ccc1OC(C)C. The van der Waals surface area contributed by atoms with Gasteiger partial charge in [-0.1, -0.05) is 6.07 Å². The molecule has 4 aromatic carbocycles. The van der Waals surface area contributed by atoms with Crippen LogP contribution in [-0.2, 0) is 22.6 Å². The lowest BCUT2D eigenvalue weighted by Gasteiger charge is -2.27. The number of fused-ring (bicyclic) bond motifs is 1. The Kier molecular flexibility index (Phi) is 12.5. The molecule has 0 saturated carbocycles. The lowest BCUT2D eigenvalue weighted by atomic mass is 10.0. The molecule has 1 unspecified atom stereocenters. The molecule has 52 heavy (non-hydrogen) atoms. The van der Waals surface area contributed by atoms with E-state index in [4.69, 9.17) is 38.1 Å². The van der Waals surface area contributed by atoms with Crippen LogP contribution < -0.4 is 38.6 Å². The van der Waals surface area contributed by atoms with E-state index in [9.17, 15) is 4.79 Å². The summed E-state index contributed by atoms with van der Waals surface area (Å²) in [7, 11) is 7.92. The van der Waals surface area contributed by atoms with Crippen LogP contribution in [0.4, 0.5) is 11.5 Å². The first-order valence-electron chi connectivity index (χ1n) is 17.0. The summed E-state index contributed by atoms with van der Waals surface area (Å²) in [5, 5.41) is 5.22. The van der Waals surface area contributed by atoms with Gasteiger partial charge >= 0.3 is 5.97 Å². The van der Waals surface area contributed by atoms with Gasteiger partial charge in [-0.2, -0.15) is 0 Å². The van der Waals surface area contributed by atoms with E-state index in [1.807, 2.05) is 99.6 Å². The number of nitrogens with zero attached hydrogens (tertiary/aromatic N) is 2. The Morgan fingerprint density at radius 1 is 0.731 bits per heavy atom. The molecular formula is C41H47N3O8. The maximum absolute atomic E-state index is 13.2. The Labute approximate surface area is 305 Å². The average Bonchev–Trinajstić information content (AvgIpc) is 3.16. The van der Waals surface area contributed by atoms with Crippen molar-refractivity contribution in [1.82, 2.24) is 4.98 Å². The average molecular weight is 710 g/mol. The normalized spacial score (nSPS) is 11.5. The molecular weight excluding hydrogens is 662 g/mol. The number of rotatable bonds is 17. The van der Waals surface area contributed by atoms with Crippen molar-refractivity contribution in [3.05, 3.63) is 102 Å². The number of hydrogen-bond acceptors (Lipinski definition) is 11. The fourth-order valence-corrected chi connectivity index (χ4v) is 5.97. The number of hydrogen-bond donors (Lipinski definition) is 1. The molecule has 0 amide bonds. The zero-order valence-corrected chi connectivity index (χ0v) is 31.0. The minimum atomic E-state index is -0.808. The van der Waals surface area contributed by atoms with E-state index in [1.165, 1.54) is 7.11 Å². The van der Waals surface area contributed by atoms with Gasteiger partial charge in [0.1, 0.15) is 28.8 Å². The summed E-state index contributed by atoms with van der Waals surface area (Å²) in [5.41, 5.74) is 3.30. The first-order valence-corrected chi connectivity index (χ1v) is 17.0. The van der Waals surface area contributed by atoms with Crippen molar-refractivity contribution in [3.8, 4) is 34.5 Å². The second-order valence-corrected chi connectivity index (χ2v) is 12.2. The summed E-state index contributed by atoms with van der Waals surface area (Å²) in [4.78, 5) is 20.2. The number of carbonyl (C=O) groups is 1. The van der Waals surface area contributed by atoms with Crippen LogP contribution in [0.2, 0.25) is 0 Å². The standard InChI is InChI=1S/C41H47N3O8/c1-9-51-38-21-28(12-17-35(38)52-26(2)3)39(41(45)50-8)43-31-13-16-34-27(20-31)18-19-42-40(34)44(24-29-10-14-32(46-4)22-36(29)48-6)25-30-11-15-33(47-5)23-37(30)49-7/h10-23,26,39,43H,9,24-25H2,1-8H3. The summed E-state index contributed by atoms with van der Waals surface area (Å²) in [6, 6.07) is 24.1. The Bertz CT molecular complexity index is 1920. The maximum atomic E-state index is 13.2. The molecule has 0 bridgehead atoms. The summed E-state index contributed by atoms with van der Waals surface area (Å²) in [5.74, 6) is 4.28. The molecule has 0 spiro atoms. The van der Waals surface area contributed by atoms with Crippen LogP contribution in [0, 0.1) is 0 Å². The van der Waals surface area contributed by atoms with E-state index in [-0.39, 0.29) is 6.10 Å². The predicted molar refractivity (Wildman–Crippen MR) is 202 cm³/mol. The van der Waals surface area contributed by atoms with Crippen molar-refractivity contribution in [3.63, 3.8) is 0 Å². The summed E-state index contributed by atoms with van der Waals surface area (Å²) in [6.07, 6.45) is 1.74. The van der Waals surface area contributed by atoms with Crippen molar-refractivity contribution in [1.29, 1.82) is 0 Å². The van der Waals surface area contributed by atoms with E-state index >= 15 is 0 Å². The number of pyridine rings is 1. The van der Waals surface area contributed by atoms with Crippen molar-refractivity contribution in [2.24, 2.45) is 0 Å². The van der Waals surface area contributed by atoms with Crippen molar-refractivity contribution < 1.29 is 38.0 Å². The molecule has 0 saturated heterocycles. The quantitative estimate of drug-likeness (QED) is 0.0949. The number of nitrogens with one attached hydrogen (secondary N) is 1. The molecule has 1 aromatic heterocycles. The number of methoxy groups -OCH3 is 5. The smallest absolute Gasteiger partial charge is 0.332 e. The molecule has 1 heterocycles.